The molecule has 22 heavy (non-hydrogen) atoms. The van der Waals surface area contributed by atoms with E-state index >= 15 is 0 Å². The molecule has 1 amide bonds. The summed E-state index contributed by atoms with van der Waals surface area (Å²) in [7, 11) is 1.63. The lowest BCUT2D eigenvalue weighted by Gasteiger charge is -2.17. The number of hydrogen-bond donors (Lipinski definition) is 3. The van der Waals surface area contributed by atoms with Crippen molar-refractivity contribution in [1.29, 1.82) is 0 Å². The van der Waals surface area contributed by atoms with Crippen LogP contribution in [0.15, 0.2) is 4.99 Å². The minimum atomic E-state index is 0. The predicted octanol–water partition coefficient (Wildman–Crippen LogP) is 1.40. The topological polar surface area (TPSA) is 74.8 Å². The summed E-state index contributed by atoms with van der Waals surface area (Å²) in [6.07, 6.45) is 7.93. The lowest BCUT2D eigenvalue weighted by atomic mass is 10.2. The van der Waals surface area contributed by atoms with E-state index in [-0.39, 0.29) is 29.9 Å². The van der Waals surface area contributed by atoms with E-state index in [1.807, 2.05) is 0 Å². The fourth-order valence-electron chi connectivity index (χ4n) is 2.47. The van der Waals surface area contributed by atoms with Gasteiger partial charge in [0.1, 0.15) is 0 Å². The first kappa shape index (κ1) is 19.5. The van der Waals surface area contributed by atoms with Crippen molar-refractivity contribution in [1.82, 2.24) is 16.0 Å². The first-order chi connectivity index (χ1) is 10.3. The Bertz CT molecular complexity index is 355. The quantitative estimate of drug-likeness (QED) is 0.238. The molecule has 0 saturated heterocycles. The van der Waals surface area contributed by atoms with Crippen LogP contribution in [0.2, 0.25) is 0 Å². The van der Waals surface area contributed by atoms with Crippen molar-refractivity contribution in [3.63, 3.8) is 0 Å². The molecule has 2 aliphatic rings. The first-order valence-corrected chi connectivity index (χ1v) is 8.11. The normalized spacial score (nSPS) is 18.7. The Balaban J connectivity index is 0.00000242. The molecular weight excluding hydrogens is 395 g/mol. The molecule has 0 aromatic rings. The second-order valence-corrected chi connectivity index (χ2v) is 5.87. The predicted molar refractivity (Wildman–Crippen MR) is 98.8 cm³/mol. The third-order valence-electron chi connectivity index (χ3n) is 3.85. The number of methoxy groups -OCH3 is 1. The highest BCUT2D eigenvalue weighted by Gasteiger charge is 2.24. The van der Waals surface area contributed by atoms with Crippen molar-refractivity contribution in [2.24, 2.45) is 4.99 Å². The van der Waals surface area contributed by atoms with E-state index in [4.69, 9.17) is 4.74 Å². The zero-order valence-corrected chi connectivity index (χ0v) is 15.7. The monoisotopic (exact) mass is 424 g/mol. The molecule has 0 atom stereocenters. The van der Waals surface area contributed by atoms with Gasteiger partial charge in [0.25, 0.3) is 0 Å². The highest BCUT2D eigenvalue weighted by atomic mass is 127. The smallest absolute Gasteiger partial charge is 0.221 e. The Morgan fingerprint density at radius 2 is 1.77 bits per heavy atom. The van der Waals surface area contributed by atoms with Gasteiger partial charge in [-0.15, -0.1) is 24.0 Å². The number of nitrogens with one attached hydrogen (secondary N) is 3. The van der Waals surface area contributed by atoms with Crippen LogP contribution < -0.4 is 16.0 Å². The van der Waals surface area contributed by atoms with Gasteiger partial charge in [-0.2, -0.15) is 0 Å². The zero-order valence-electron chi connectivity index (χ0n) is 13.4. The van der Waals surface area contributed by atoms with Crippen molar-refractivity contribution in [2.45, 2.75) is 57.0 Å². The molecule has 0 aromatic carbocycles. The van der Waals surface area contributed by atoms with E-state index < -0.39 is 0 Å². The number of aliphatic imine (C=N–C) groups is 1. The van der Waals surface area contributed by atoms with E-state index in [2.05, 4.69) is 20.9 Å². The summed E-state index contributed by atoms with van der Waals surface area (Å²) in [4.78, 5) is 16.1. The maximum atomic E-state index is 11.6. The molecule has 3 N–H and O–H groups in total. The number of rotatable bonds is 8. The number of nitrogens with zero attached hydrogens (tertiary/aromatic N) is 1. The zero-order chi connectivity index (χ0) is 14.9. The minimum absolute atomic E-state index is 0. The van der Waals surface area contributed by atoms with Crippen LogP contribution in [0.1, 0.15) is 44.9 Å². The molecule has 0 radical (unpaired) electrons. The van der Waals surface area contributed by atoms with Crippen molar-refractivity contribution >= 4 is 35.8 Å². The summed E-state index contributed by atoms with van der Waals surface area (Å²) in [5.74, 6) is 0.913. The molecule has 0 heterocycles. The van der Waals surface area contributed by atoms with E-state index in [1.165, 1.54) is 38.5 Å². The lowest BCUT2D eigenvalue weighted by molar-refractivity contribution is -0.121. The molecule has 128 valence electrons. The van der Waals surface area contributed by atoms with E-state index in [0.29, 0.717) is 38.2 Å². The van der Waals surface area contributed by atoms with Crippen LogP contribution in [-0.2, 0) is 9.53 Å². The summed E-state index contributed by atoms with van der Waals surface area (Å²) in [5, 5.41) is 9.74. The largest absolute Gasteiger partial charge is 0.383 e. The number of carbonyl (C=O) groups excluding carboxylic acids is 1. The van der Waals surface area contributed by atoms with Crippen molar-refractivity contribution in [3.8, 4) is 0 Å². The SMILES string of the molecule is COCCNC(=O)CCN=C(NC1CCCC1)NC1CC1.I. The number of amides is 1. The summed E-state index contributed by atoms with van der Waals surface area (Å²) in [6.45, 7) is 1.63. The second-order valence-electron chi connectivity index (χ2n) is 5.87. The molecule has 0 aromatic heterocycles. The Labute approximate surface area is 150 Å². The van der Waals surface area contributed by atoms with Gasteiger partial charge in [-0.25, -0.2) is 0 Å². The van der Waals surface area contributed by atoms with E-state index in [1.54, 1.807) is 7.11 Å². The highest BCUT2D eigenvalue weighted by Crippen LogP contribution is 2.20. The summed E-state index contributed by atoms with van der Waals surface area (Å²) in [6, 6.07) is 1.12. The minimum Gasteiger partial charge on any atom is -0.383 e. The van der Waals surface area contributed by atoms with Gasteiger partial charge >= 0.3 is 0 Å². The third-order valence-corrected chi connectivity index (χ3v) is 3.85. The van der Waals surface area contributed by atoms with Gasteiger partial charge < -0.3 is 20.7 Å². The number of carbonyl (C=O) groups is 1. The van der Waals surface area contributed by atoms with Crippen molar-refractivity contribution in [2.75, 3.05) is 26.8 Å². The van der Waals surface area contributed by atoms with Gasteiger partial charge in [0.05, 0.1) is 13.2 Å². The van der Waals surface area contributed by atoms with Gasteiger partial charge in [-0.3, -0.25) is 9.79 Å². The van der Waals surface area contributed by atoms with E-state index in [0.717, 1.165) is 5.96 Å². The van der Waals surface area contributed by atoms with Gasteiger partial charge in [0, 0.05) is 32.2 Å². The fourth-order valence-corrected chi connectivity index (χ4v) is 2.47. The van der Waals surface area contributed by atoms with Crippen molar-refractivity contribution in [3.05, 3.63) is 0 Å². The van der Waals surface area contributed by atoms with Crippen LogP contribution in [0.5, 0.6) is 0 Å². The van der Waals surface area contributed by atoms with Crippen LogP contribution >= 0.6 is 24.0 Å². The molecule has 7 heteroatoms. The molecule has 2 aliphatic carbocycles. The number of hydrogen-bond acceptors (Lipinski definition) is 3. The standard InChI is InChI=1S/C15H28N4O2.HI/c1-21-11-10-16-14(20)8-9-17-15(19-13-6-7-13)18-12-4-2-3-5-12;/h12-13H,2-11H2,1H3,(H,16,20)(H2,17,18,19);1H. The highest BCUT2D eigenvalue weighted by molar-refractivity contribution is 14.0. The summed E-state index contributed by atoms with van der Waals surface area (Å²) >= 11 is 0. The van der Waals surface area contributed by atoms with Crippen molar-refractivity contribution < 1.29 is 9.53 Å². The summed E-state index contributed by atoms with van der Waals surface area (Å²) in [5.41, 5.74) is 0. The molecule has 0 spiro atoms. The van der Waals surface area contributed by atoms with Gasteiger partial charge in [-0.1, -0.05) is 12.8 Å². The van der Waals surface area contributed by atoms with Crippen LogP contribution in [-0.4, -0.2) is 50.8 Å². The molecule has 0 bridgehead atoms. The Morgan fingerprint density at radius 1 is 1.14 bits per heavy atom. The van der Waals surface area contributed by atoms with Crippen LogP contribution in [0, 0.1) is 0 Å². The average molecular weight is 424 g/mol. The molecule has 2 rings (SSSR count). The first-order valence-electron chi connectivity index (χ1n) is 8.11. The molecule has 2 fully saturated rings. The maximum absolute atomic E-state index is 11.6. The molecular formula is C15H29IN4O2. The van der Waals surface area contributed by atoms with E-state index in [9.17, 15) is 4.79 Å². The van der Waals surface area contributed by atoms with Gasteiger partial charge in [0.2, 0.25) is 5.91 Å². The Hall–Kier alpha value is -0.570. The molecule has 2 saturated carbocycles. The maximum Gasteiger partial charge on any atom is 0.221 e. The van der Waals surface area contributed by atoms with Gasteiger partial charge in [0.15, 0.2) is 5.96 Å². The summed E-state index contributed by atoms with van der Waals surface area (Å²) < 4.78 is 4.90. The lowest BCUT2D eigenvalue weighted by Crippen LogP contribution is -2.43. The number of guanidine groups is 1. The molecule has 6 nitrogen and oxygen atoms in total. The number of halogens is 1. The average Bonchev–Trinajstić information content (AvgIpc) is 3.12. The van der Waals surface area contributed by atoms with Gasteiger partial charge in [-0.05, 0) is 25.7 Å². The molecule has 0 unspecified atom stereocenters. The fraction of sp³-hybridized carbons (Fsp3) is 0.867. The number of ether oxygens (including phenoxy) is 1. The Morgan fingerprint density at radius 3 is 2.36 bits per heavy atom. The third kappa shape index (κ3) is 8.17. The Kier molecular flexibility index (Phi) is 9.77. The van der Waals surface area contributed by atoms with Crippen LogP contribution in [0.3, 0.4) is 0 Å². The van der Waals surface area contributed by atoms with Crippen LogP contribution in [0.25, 0.3) is 0 Å². The van der Waals surface area contributed by atoms with Crippen LogP contribution in [0.4, 0.5) is 0 Å². The molecule has 0 aliphatic heterocycles. The second kappa shape index (κ2) is 11.0.